The Balaban J connectivity index is 3.65. The topological polar surface area (TPSA) is 69.7 Å². The molecule has 0 spiro atoms. The van der Waals surface area contributed by atoms with Crippen LogP contribution in [0.1, 0.15) is 26.7 Å². The van der Waals surface area contributed by atoms with Gasteiger partial charge in [0, 0.05) is 6.42 Å². The molecule has 0 aliphatic heterocycles. The molecule has 5 nitrogen and oxygen atoms in total. The second kappa shape index (κ2) is 7.06. The van der Waals surface area contributed by atoms with Crippen LogP contribution in [-0.4, -0.2) is 30.9 Å². The summed E-state index contributed by atoms with van der Waals surface area (Å²) < 4.78 is 9.08. The molecule has 0 atom stereocenters. The van der Waals surface area contributed by atoms with E-state index in [0.717, 1.165) is 0 Å². The summed E-state index contributed by atoms with van der Waals surface area (Å²) in [6.45, 7) is 3.16. The molecule has 0 bridgehead atoms. The van der Waals surface area contributed by atoms with E-state index in [4.69, 9.17) is 0 Å². The van der Waals surface area contributed by atoms with Crippen LogP contribution in [0.25, 0.3) is 0 Å². The predicted octanol–water partition coefficient (Wildman–Crippen LogP) is 0.462. The minimum atomic E-state index is -0.593. The van der Waals surface area contributed by atoms with Gasteiger partial charge >= 0.3 is 11.9 Å². The SMILES string of the molecule is CCOC(=O)CC(=O)COC(=O)CC. The summed E-state index contributed by atoms with van der Waals surface area (Å²) in [5.41, 5.74) is 0. The van der Waals surface area contributed by atoms with E-state index >= 15 is 0 Å². The second-order valence-corrected chi connectivity index (χ2v) is 2.53. The predicted molar refractivity (Wildman–Crippen MR) is 47.5 cm³/mol. The molecule has 0 aliphatic carbocycles. The van der Waals surface area contributed by atoms with Crippen molar-refractivity contribution in [1.29, 1.82) is 0 Å². The van der Waals surface area contributed by atoms with Crippen molar-refractivity contribution in [3.63, 3.8) is 0 Å². The number of hydrogen-bond donors (Lipinski definition) is 0. The third-order valence-electron chi connectivity index (χ3n) is 1.33. The van der Waals surface area contributed by atoms with Gasteiger partial charge in [-0.05, 0) is 6.92 Å². The zero-order chi connectivity index (χ0) is 11.0. The molecular weight excluding hydrogens is 188 g/mol. The van der Waals surface area contributed by atoms with E-state index in [9.17, 15) is 14.4 Å². The number of carbonyl (C=O) groups excluding carboxylic acids is 3. The molecule has 0 saturated carbocycles. The van der Waals surface area contributed by atoms with E-state index in [-0.39, 0.29) is 26.1 Å². The van der Waals surface area contributed by atoms with Crippen molar-refractivity contribution in [1.82, 2.24) is 0 Å². The molecule has 0 aromatic heterocycles. The highest BCUT2D eigenvalue weighted by Gasteiger charge is 2.11. The van der Waals surface area contributed by atoms with Crippen LogP contribution in [-0.2, 0) is 23.9 Å². The second-order valence-electron chi connectivity index (χ2n) is 2.53. The molecule has 0 aromatic carbocycles. The maximum absolute atomic E-state index is 11.0. The molecule has 0 heterocycles. The van der Waals surface area contributed by atoms with Crippen molar-refractivity contribution in [2.45, 2.75) is 26.7 Å². The lowest BCUT2D eigenvalue weighted by Crippen LogP contribution is -2.17. The van der Waals surface area contributed by atoms with Crippen molar-refractivity contribution >= 4 is 17.7 Å². The summed E-state index contributed by atoms with van der Waals surface area (Å²) in [5.74, 6) is -1.50. The lowest BCUT2D eigenvalue weighted by molar-refractivity contribution is -0.152. The number of Topliss-reactive ketones (excluding diaryl/α,β-unsaturated/α-hetero) is 1. The number of esters is 2. The Bertz CT molecular complexity index is 221. The van der Waals surface area contributed by atoms with Gasteiger partial charge in [0.15, 0.2) is 12.4 Å². The third kappa shape index (κ3) is 6.16. The zero-order valence-electron chi connectivity index (χ0n) is 8.37. The largest absolute Gasteiger partial charge is 0.466 e. The summed E-state index contributed by atoms with van der Waals surface area (Å²) in [4.78, 5) is 32.4. The van der Waals surface area contributed by atoms with Crippen LogP contribution < -0.4 is 0 Å². The van der Waals surface area contributed by atoms with Gasteiger partial charge in [-0.2, -0.15) is 0 Å². The molecule has 80 valence electrons. The van der Waals surface area contributed by atoms with E-state index in [1.165, 1.54) is 0 Å². The first-order valence-electron chi connectivity index (χ1n) is 4.43. The van der Waals surface area contributed by atoms with Gasteiger partial charge in [0.05, 0.1) is 6.61 Å². The van der Waals surface area contributed by atoms with E-state index in [1.54, 1.807) is 13.8 Å². The van der Waals surface area contributed by atoms with E-state index < -0.39 is 17.7 Å². The van der Waals surface area contributed by atoms with Gasteiger partial charge in [-0.1, -0.05) is 6.92 Å². The summed E-state index contributed by atoms with van der Waals surface area (Å²) in [7, 11) is 0. The fourth-order valence-corrected chi connectivity index (χ4v) is 0.687. The van der Waals surface area contributed by atoms with Gasteiger partial charge < -0.3 is 9.47 Å². The van der Waals surface area contributed by atoms with Gasteiger partial charge in [0.25, 0.3) is 0 Å². The highest BCUT2D eigenvalue weighted by Crippen LogP contribution is 1.91. The fraction of sp³-hybridized carbons (Fsp3) is 0.667. The number of rotatable bonds is 6. The number of ketones is 1. The van der Waals surface area contributed by atoms with E-state index in [1.807, 2.05) is 0 Å². The molecule has 5 heteroatoms. The van der Waals surface area contributed by atoms with Crippen LogP contribution in [0.15, 0.2) is 0 Å². The first-order valence-corrected chi connectivity index (χ1v) is 4.43. The van der Waals surface area contributed by atoms with Crippen molar-refractivity contribution in [2.75, 3.05) is 13.2 Å². The van der Waals surface area contributed by atoms with Gasteiger partial charge in [-0.3, -0.25) is 14.4 Å². The average molecular weight is 202 g/mol. The quantitative estimate of drug-likeness (QED) is 0.462. The lowest BCUT2D eigenvalue weighted by Gasteiger charge is -2.02. The third-order valence-corrected chi connectivity index (χ3v) is 1.33. The number of ether oxygens (including phenoxy) is 2. The molecule has 0 aromatic rings. The number of hydrogen-bond acceptors (Lipinski definition) is 5. The van der Waals surface area contributed by atoms with Crippen LogP contribution in [0.5, 0.6) is 0 Å². The molecule has 0 aliphatic rings. The van der Waals surface area contributed by atoms with Crippen LogP contribution in [0.3, 0.4) is 0 Å². The van der Waals surface area contributed by atoms with Gasteiger partial charge in [0.1, 0.15) is 6.42 Å². The van der Waals surface area contributed by atoms with Crippen molar-refractivity contribution < 1.29 is 23.9 Å². The van der Waals surface area contributed by atoms with Gasteiger partial charge in [0.2, 0.25) is 0 Å². The summed E-state index contributed by atoms with van der Waals surface area (Å²) in [6, 6.07) is 0. The van der Waals surface area contributed by atoms with Crippen LogP contribution in [0.2, 0.25) is 0 Å². The Hall–Kier alpha value is -1.39. The Morgan fingerprint density at radius 1 is 1.00 bits per heavy atom. The highest BCUT2D eigenvalue weighted by atomic mass is 16.5. The van der Waals surface area contributed by atoms with Crippen LogP contribution in [0, 0.1) is 0 Å². The van der Waals surface area contributed by atoms with Crippen molar-refractivity contribution in [3.05, 3.63) is 0 Å². The van der Waals surface area contributed by atoms with Gasteiger partial charge in [-0.15, -0.1) is 0 Å². The van der Waals surface area contributed by atoms with E-state index in [2.05, 4.69) is 9.47 Å². The summed E-state index contributed by atoms with van der Waals surface area (Å²) >= 11 is 0. The molecular formula is C9H14O5. The standard InChI is InChI=1S/C9H14O5/c1-3-8(11)14-6-7(10)5-9(12)13-4-2/h3-6H2,1-2H3. The van der Waals surface area contributed by atoms with E-state index in [0.29, 0.717) is 0 Å². The monoisotopic (exact) mass is 202 g/mol. The molecule has 0 fully saturated rings. The molecule has 0 N–H and O–H groups in total. The summed E-state index contributed by atoms with van der Waals surface area (Å²) in [6.07, 6.45) is -0.127. The molecule has 0 saturated heterocycles. The molecule has 0 amide bonds. The normalized spacial score (nSPS) is 9.29. The van der Waals surface area contributed by atoms with Crippen LogP contribution >= 0.6 is 0 Å². The maximum atomic E-state index is 11.0. The summed E-state index contributed by atoms with van der Waals surface area (Å²) in [5, 5.41) is 0. The Morgan fingerprint density at radius 2 is 1.64 bits per heavy atom. The first-order chi connectivity index (χ1) is 6.60. The van der Waals surface area contributed by atoms with Gasteiger partial charge in [-0.25, -0.2) is 0 Å². The number of carbonyl (C=O) groups is 3. The average Bonchev–Trinajstić information content (AvgIpc) is 2.14. The maximum Gasteiger partial charge on any atom is 0.313 e. The minimum absolute atomic E-state index is 0.215. The first kappa shape index (κ1) is 12.6. The molecule has 0 unspecified atom stereocenters. The molecule has 0 radical (unpaired) electrons. The highest BCUT2D eigenvalue weighted by molar-refractivity contribution is 5.96. The zero-order valence-corrected chi connectivity index (χ0v) is 8.37. The Kier molecular flexibility index (Phi) is 6.36. The van der Waals surface area contributed by atoms with Crippen molar-refractivity contribution in [3.8, 4) is 0 Å². The Morgan fingerprint density at radius 3 is 2.14 bits per heavy atom. The smallest absolute Gasteiger partial charge is 0.313 e. The van der Waals surface area contributed by atoms with Crippen LogP contribution in [0.4, 0.5) is 0 Å². The Labute approximate surface area is 82.4 Å². The van der Waals surface area contributed by atoms with Crippen molar-refractivity contribution in [2.24, 2.45) is 0 Å². The fourth-order valence-electron chi connectivity index (χ4n) is 0.687. The lowest BCUT2D eigenvalue weighted by atomic mass is 10.3. The molecule has 14 heavy (non-hydrogen) atoms. The molecule has 0 rings (SSSR count). The minimum Gasteiger partial charge on any atom is -0.466 e.